The van der Waals surface area contributed by atoms with Crippen molar-refractivity contribution in [1.29, 1.82) is 0 Å². The van der Waals surface area contributed by atoms with Gasteiger partial charge in [0.05, 0.1) is 6.61 Å². The van der Waals surface area contributed by atoms with Crippen molar-refractivity contribution in [2.24, 2.45) is 5.41 Å². The van der Waals surface area contributed by atoms with Gasteiger partial charge in [0.25, 0.3) is 0 Å². The molecule has 0 radical (unpaired) electrons. The SMILES string of the molecule is CCCCCCCCC(C)(CC)CNCCOC. The summed E-state index contributed by atoms with van der Waals surface area (Å²) in [5.41, 5.74) is 0.471. The van der Waals surface area contributed by atoms with Gasteiger partial charge in [-0.1, -0.05) is 59.3 Å². The molecule has 0 fully saturated rings. The summed E-state index contributed by atoms with van der Waals surface area (Å²) in [6.45, 7) is 9.93. The summed E-state index contributed by atoms with van der Waals surface area (Å²) in [6, 6.07) is 0. The number of unbranched alkanes of at least 4 members (excludes halogenated alkanes) is 5. The number of rotatable bonds is 13. The van der Waals surface area contributed by atoms with Crippen LogP contribution in [0, 0.1) is 5.41 Å². The van der Waals surface area contributed by atoms with E-state index in [9.17, 15) is 0 Å². The molecule has 0 aromatic heterocycles. The van der Waals surface area contributed by atoms with Crippen molar-refractivity contribution in [3.8, 4) is 0 Å². The second-order valence-electron chi connectivity index (χ2n) is 5.85. The molecule has 0 aromatic carbocycles. The second-order valence-corrected chi connectivity index (χ2v) is 5.85. The Morgan fingerprint density at radius 2 is 1.67 bits per heavy atom. The van der Waals surface area contributed by atoms with Gasteiger partial charge in [-0.05, 0) is 18.3 Å². The summed E-state index contributed by atoms with van der Waals surface area (Å²) in [6.07, 6.45) is 11.0. The number of hydrogen-bond acceptors (Lipinski definition) is 2. The smallest absolute Gasteiger partial charge is 0.0587 e. The van der Waals surface area contributed by atoms with Crippen molar-refractivity contribution < 1.29 is 4.74 Å². The number of ether oxygens (including phenoxy) is 1. The first kappa shape index (κ1) is 17.9. The molecule has 0 spiro atoms. The lowest BCUT2D eigenvalue weighted by atomic mass is 9.82. The zero-order chi connectivity index (χ0) is 13.7. The molecule has 0 heterocycles. The van der Waals surface area contributed by atoms with Crippen molar-refractivity contribution in [1.82, 2.24) is 5.32 Å². The van der Waals surface area contributed by atoms with Gasteiger partial charge in [0.15, 0.2) is 0 Å². The van der Waals surface area contributed by atoms with E-state index in [4.69, 9.17) is 4.74 Å². The molecular formula is C16H35NO. The molecule has 0 aromatic rings. The predicted molar refractivity (Wildman–Crippen MR) is 81.1 cm³/mol. The Morgan fingerprint density at radius 3 is 2.28 bits per heavy atom. The minimum Gasteiger partial charge on any atom is -0.383 e. The molecule has 0 amide bonds. The lowest BCUT2D eigenvalue weighted by Crippen LogP contribution is -2.33. The fourth-order valence-electron chi connectivity index (χ4n) is 2.29. The van der Waals surface area contributed by atoms with Gasteiger partial charge in [-0.2, -0.15) is 0 Å². The summed E-state index contributed by atoms with van der Waals surface area (Å²) in [5, 5.41) is 3.51. The van der Waals surface area contributed by atoms with Crippen molar-refractivity contribution in [3.05, 3.63) is 0 Å². The van der Waals surface area contributed by atoms with Crippen LogP contribution in [0.4, 0.5) is 0 Å². The van der Waals surface area contributed by atoms with Gasteiger partial charge < -0.3 is 10.1 Å². The summed E-state index contributed by atoms with van der Waals surface area (Å²) < 4.78 is 5.06. The van der Waals surface area contributed by atoms with E-state index < -0.39 is 0 Å². The highest BCUT2D eigenvalue weighted by atomic mass is 16.5. The van der Waals surface area contributed by atoms with Gasteiger partial charge in [0.2, 0.25) is 0 Å². The number of methoxy groups -OCH3 is 1. The molecule has 0 aliphatic rings. The minimum atomic E-state index is 0.471. The van der Waals surface area contributed by atoms with Crippen LogP contribution in [0.25, 0.3) is 0 Å². The van der Waals surface area contributed by atoms with E-state index in [0.717, 1.165) is 19.7 Å². The van der Waals surface area contributed by atoms with Gasteiger partial charge in [0, 0.05) is 20.2 Å². The maximum absolute atomic E-state index is 5.06. The third-order valence-electron chi connectivity index (χ3n) is 4.02. The molecule has 0 saturated carbocycles. The largest absolute Gasteiger partial charge is 0.383 e. The van der Waals surface area contributed by atoms with Crippen molar-refractivity contribution in [3.63, 3.8) is 0 Å². The first-order valence-corrected chi connectivity index (χ1v) is 7.88. The van der Waals surface area contributed by atoms with Crippen LogP contribution < -0.4 is 5.32 Å². The molecule has 0 aliphatic heterocycles. The Hall–Kier alpha value is -0.0800. The van der Waals surface area contributed by atoms with Crippen LogP contribution in [0.15, 0.2) is 0 Å². The van der Waals surface area contributed by atoms with Crippen LogP contribution >= 0.6 is 0 Å². The van der Waals surface area contributed by atoms with E-state index in [1.54, 1.807) is 7.11 Å². The van der Waals surface area contributed by atoms with E-state index in [1.807, 2.05) is 0 Å². The Kier molecular flexibility index (Phi) is 11.9. The molecule has 110 valence electrons. The third-order valence-corrected chi connectivity index (χ3v) is 4.02. The van der Waals surface area contributed by atoms with Gasteiger partial charge in [0.1, 0.15) is 0 Å². The van der Waals surface area contributed by atoms with E-state index in [1.165, 1.54) is 51.4 Å². The highest BCUT2D eigenvalue weighted by Gasteiger charge is 2.20. The first-order chi connectivity index (χ1) is 8.68. The molecule has 0 rings (SSSR count). The molecule has 1 unspecified atom stereocenters. The quantitative estimate of drug-likeness (QED) is 0.494. The van der Waals surface area contributed by atoms with Crippen LogP contribution in [0.5, 0.6) is 0 Å². The Labute approximate surface area is 115 Å². The van der Waals surface area contributed by atoms with E-state index in [0.29, 0.717) is 5.41 Å². The molecule has 2 heteroatoms. The average molecular weight is 257 g/mol. The van der Waals surface area contributed by atoms with Gasteiger partial charge in [-0.25, -0.2) is 0 Å². The summed E-state index contributed by atoms with van der Waals surface area (Å²) in [4.78, 5) is 0. The Balaban J connectivity index is 3.58. The van der Waals surface area contributed by atoms with Crippen molar-refractivity contribution in [2.75, 3.05) is 26.8 Å². The minimum absolute atomic E-state index is 0.471. The fourth-order valence-corrected chi connectivity index (χ4v) is 2.29. The molecular weight excluding hydrogens is 222 g/mol. The molecule has 0 saturated heterocycles. The third kappa shape index (κ3) is 9.90. The van der Waals surface area contributed by atoms with E-state index in [2.05, 4.69) is 26.1 Å². The number of hydrogen-bond donors (Lipinski definition) is 1. The molecule has 0 bridgehead atoms. The highest BCUT2D eigenvalue weighted by molar-refractivity contribution is 4.75. The van der Waals surface area contributed by atoms with E-state index >= 15 is 0 Å². The van der Waals surface area contributed by atoms with Crippen LogP contribution in [-0.4, -0.2) is 26.8 Å². The van der Waals surface area contributed by atoms with Crippen LogP contribution in [0.3, 0.4) is 0 Å². The normalized spacial score (nSPS) is 14.7. The lowest BCUT2D eigenvalue weighted by Gasteiger charge is -2.28. The first-order valence-electron chi connectivity index (χ1n) is 7.88. The van der Waals surface area contributed by atoms with Crippen molar-refractivity contribution in [2.45, 2.75) is 72.1 Å². The molecule has 1 atom stereocenters. The molecule has 2 nitrogen and oxygen atoms in total. The van der Waals surface area contributed by atoms with Crippen LogP contribution in [-0.2, 0) is 4.74 Å². The topological polar surface area (TPSA) is 21.3 Å². The Morgan fingerprint density at radius 1 is 1.00 bits per heavy atom. The van der Waals surface area contributed by atoms with Crippen LogP contribution in [0.1, 0.15) is 72.1 Å². The summed E-state index contributed by atoms with van der Waals surface area (Å²) >= 11 is 0. The fraction of sp³-hybridized carbons (Fsp3) is 1.00. The maximum atomic E-state index is 5.06. The van der Waals surface area contributed by atoms with Gasteiger partial charge >= 0.3 is 0 Å². The maximum Gasteiger partial charge on any atom is 0.0587 e. The highest BCUT2D eigenvalue weighted by Crippen LogP contribution is 2.27. The van der Waals surface area contributed by atoms with Gasteiger partial charge in [-0.3, -0.25) is 0 Å². The average Bonchev–Trinajstić information content (AvgIpc) is 2.39. The standard InChI is InChI=1S/C16H35NO/c1-5-7-8-9-10-11-12-16(3,6-2)15-17-13-14-18-4/h17H,5-15H2,1-4H3. The molecule has 18 heavy (non-hydrogen) atoms. The lowest BCUT2D eigenvalue weighted by molar-refractivity contribution is 0.188. The predicted octanol–water partition coefficient (Wildman–Crippen LogP) is 4.39. The zero-order valence-electron chi connectivity index (χ0n) is 13.2. The summed E-state index contributed by atoms with van der Waals surface area (Å²) in [5.74, 6) is 0. The van der Waals surface area contributed by atoms with Crippen LogP contribution in [0.2, 0.25) is 0 Å². The Bertz CT molecular complexity index is 172. The second kappa shape index (κ2) is 12.0. The van der Waals surface area contributed by atoms with E-state index in [-0.39, 0.29) is 0 Å². The zero-order valence-corrected chi connectivity index (χ0v) is 13.2. The molecule has 1 N–H and O–H groups in total. The van der Waals surface area contributed by atoms with Crippen molar-refractivity contribution >= 4 is 0 Å². The molecule has 0 aliphatic carbocycles. The summed E-state index contributed by atoms with van der Waals surface area (Å²) in [7, 11) is 1.76. The number of nitrogens with one attached hydrogen (secondary N) is 1. The van der Waals surface area contributed by atoms with Gasteiger partial charge in [-0.15, -0.1) is 0 Å². The monoisotopic (exact) mass is 257 g/mol.